The molecule has 0 N–H and O–H groups in total. The summed E-state index contributed by atoms with van der Waals surface area (Å²) in [7, 11) is 0. The van der Waals surface area contributed by atoms with Gasteiger partial charge in [0.2, 0.25) is 0 Å². The number of hydrogen-bond acceptors (Lipinski definition) is 1. The predicted octanol–water partition coefficient (Wildman–Crippen LogP) is 16.9. The van der Waals surface area contributed by atoms with Gasteiger partial charge in [0.15, 0.2) is 0 Å². The molecule has 10 aromatic rings. The first-order valence-electron chi connectivity index (χ1n) is 23.5. The zero-order valence-electron chi connectivity index (χ0n) is 37.7. The van der Waals surface area contributed by atoms with Crippen molar-refractivity contribution in [1.29, 1.82) is 0 Å². The van der Waals surface area contributed by atoms with Crippen molar-refractivity contribution in [3.05, 3.63) is 257 Å². The van der Waals surface area contributed by atoms with Crippen LogP contribution in [-0.4, -0.2) is 0 Å². The molecule has 1 heteroatoms. The van der Waals surface area contributed by atoms with E-state index in [9.17, 15) is 0 Å². The predicted molar refractivity (Wildman–Crippen MR) is 275 cm³/mol. The van der Waals surface area contributed by atoms with Gasteiger partial charge in [-0.2, -0.15) is 0 Å². The average molecular weight is 842 g/mol. The third kappa shape index (κ3) is 4.75. The minimum atomic E-state index is -0.553. The Morgan fingerprint density at radius 2 is 0.833 bits per heavy atom. The molecule has 1 unspecified atom stereocenters. The minimum absolute atomic E-state index is 0.161. The highest BCUT2D eigenvalue weighted by Gasteiger charge is 2.54. The van der Waals surface area contributed by atoms with Gasteiger partial charge in [0, 0.05) is 27.8 Å². The van der Waals surface area contributed by atoms with Crippen LogP contribution < -0.4 is 4.90 Å². The van der Waals surface area contributed by atoms with Crippen molar-refractivity contribution in [3.8, 4) is 55.6 Å². The molecule has 4 aliphatic carbocycles. The first kappa shape index (κ1) is 37.6. The van der Waals surface area contributed by atoms with E-state index in [0.29, 0.717) is 0 Å². The summed E-state index contributed by atoms with van der Waals surface area (Å²) < 4.78 is 0. The molecular formula is C65H47N. The van der Waals surface area contributed by atoms with E-state index in [1.54, 1.807) is 0 Å². The maximum atomic E-state index is 2.61. The number of rotatable bonds is 4. The fourth-order valence-corrected chi connectivity index (χ4v) is 13.1. The van der Waals surface area contributed by atoms with Crippen molar-refractivity contribution < 1.29 is 0 Å². The van der Waals surface area contributed by atoms with Gasteiger partial charge in [0.05, 0.1) is 11.1 Å². The maximum Gasteiger partial charge on any atom is 0.0746 e. The van der Waals surface area contributed by atoms with Crippen molar-refractivity contribution in [3.63, 3.8) is 0 Å². The molecule has 0 bridgehead atoms. The molecule has 10 aromatic carbocycles. The monoisotopic (exact) mass is 841 g/mol. The van der Waals surface area contributed by atoms with Crippen LogP contribution in [0.25, 0.3) is 66.4 Å². The number of benzene rings is 10. The van der Waals surface area contributed by atoms with Crippen LogP contribution in [0.3, 0.4) is 0 Å². The lowest BCUT2D eigenvalue weighted by Gasteiger charge is -2.36. The molecule has 0 aromatic heterocycles. The highest BCUT2D eigenvalue weighted by Crippen LogP contribution is 2.66. The molecule has 0 amide bonds. The first-order valence-corrected chi connectivity index (χ1v) is 23.5. The Bertz CT molecular complexity index is 3720. The van der Waals surface area contributed by atoms with Gasteiger partial charge < -0.3 is 4.90 Å². The minimum Gasteiger partial charge on any atom is -0.310 e. The van der Waals surface area contributed by atoms with Crippen LogP contribution in [0.4, 0.5) is 17.1 Å². The van der Waals surface area contributed by atoms with Crippen molar-refractivity contribution in [2.75, 3.05) is 4.90 Å². The van der Waals surface area contributed by atoms with E-state index in [1.807, 2.05) is 0 Å². The topological polar surface area (TPSA) is 3.24 Å². The molecule has 66 heavy (non-hydrogen) atoms. The Labute approximate surface area is 387 Å². The summed E-state index contributed by atoms with van der Waals surface area (Å²) in [5, 5.41) is 2.57. The third-order valence-electron chi connectivity index (χ3n) is 16.1. The molecule has 1 nitrogen and oxygen atoms in total. The molecule has 14 rings (SSSR count). The summed E-state index contributed by atoms with van der Waals surface area (Å²) in [5.41, 5.74) is 26.5. The summed E-state index contributed by atoms with van der Waals surface area (Å²) in [6.07, 6.45) is 0. The highest BCUT2D eigenvalue weighted by molar-refractivity contribution is 6.07. The average Bonchev–Trinajstić information content (AvgIpc) is 3.99. The second kappa shape index (κ2) is 13.2. The van der Waals surface area contributed by atoms with E-state index in [2.05, 4.69) is 245 Å². The van der Waals surface area contributed by atoms with Crippen LogP contribution in [0.15, 0.2) is 212 Å². The van der Waals surface area contributed by atoms with Gasteiger partial charge in [-0.25, -0.2) is 0 Å². The van der Waals surface area contributed by atoms with E-state index in [1.165, 1.54) is 122 Å². The van der Waals surface area contributed by atoms with Crippen molar-refractivity contribution in [2.24, 2.45) is 0 Å². The van der Waals surface area contributed by atoms with Crippen LogP contribution in [0, 0.1) is 0 Å². The summed E-state index contributed by atoms with van der Waals surface area (Å²) in [5.74, 6) is 0. The summed E-state index contributed by atoms with van der Waals surface area (Å²) >= 11 is 0. The van der Waals surface area contributed by atoms with Crippen LogP contribution in [0.5, 0.6) is 0 Å². The molecule has 0 aliphatic heterocycles. The molecule has 0 heterocycles. The SMILES string of the molecule is CC1(C)c2ccccc2-c2ccc(N(c3ccc4c(c3)C(C)(C)c3cc(-c5ccccc5)ccc3-4)c3cccc4c3C3(c5ccccc5-4)c4ccccc4-c4c3ccc3ccccc43)cc21. The maximum absolute atomic E-state index is 2.61. The van der Waals surface area contributed by atoms with Gasteiger partial charge in [-0.05, 0) is 142 Å². The fraction of sp³-hybridized carbons (Fsp3) is 0.108. The van der Waals surface area contributed by atoms with Crippen molar-refractivity contribution in [2.45, 2.75) is 43.9 Å². The fourth-order valence-electron chi connectivity index (χ4n) is 13.1. The molecule has 0 radical (unpaired) electrons. The second-order valence-corrected chi connectivity index (χ2v) is 20.0. The summed E-state index contributed by atoms with van der Waals surface area (Å²) in [4.78, 5) is 2.61. The standard InChI is InChI=1S/C65H47N/c1-63(2)53-25-13-10-21-46(53)49-34-31-43(38-58(49)63)66(44-32-35-50-48-33-29-42(40-17-6-5-7-18-40)37-57(48)64(3,4)59(50)39-44)60-28-16-24-51-47-22-11-14-26-54(47)65(62(51)60)55-27-15-12-23-52(55)61-45-20-9-8-19-41(45)30-36-56(61)65/h5-39H,1-4H3. The molecule has 1 atom stereocenters. The van der Waals surface area contributed by atoms with Crippen LogP contribution >= 0.6 is 0 Å². The highest BCUT2D eigenvalue weighted by atomic mass is 15.1. The van der Waals surface area contributed by atoms with Crippen molar-refractivity contribution in [1.82, 2.24) is 0 Å². The zero-order chi connectivity index (χ0) is 44.1. The third-order valence-corrected chi connectivity index (χ3v) is 16.1. The summed E-state index contributed by atoms with van der Waals surface area (Å²) in [6.45, 7) is 9.62. The van der Waals surface area contributed by atoms with Gasteiger partial charge in [-0.1, -0.05) is 204 Å². The molecule has 0 fully saturated rings. The van der Waals surface area contributed by atoms with E-state index in [0.717, 1.165) is 5.69 Å². The van der Waals surface area contributed by atoms with Crippen molar-refractivity contribution >= 4 is 27.8 Å². The summed E-state index contributed by atoms with van der Waals surface area (Å²) in [6, 6.07) is 80.8. The Balaban J connectivity index is 1.05. The lowest BCUT2D eigenvalue weighted by molar-refractivity contribution is 0.660. The van der Waals surface area contributed by atoms with Crippen LogP contribution in [0.1, 0.15) is 72.2 Å². The largest absolute Gasteiger partial charge is 0.310 e. The number of fused-ring (bicyclic) bond motifs is 18. The Morgan fingerprint density at radius 1 is 0.318 bits per heavy atom. The molecule has 0 saturated heterocycles. The lowest BCUT2D eigenvalue weighted by Crippen LogP contribution is -2.28. The Morgan fingerprint density at radius 3 is 1.55 bits per heavy atom. The van der Waals surface area contributed by atoms with E-state index < -0.39 is 5.41 Å². The number of hydrogen-bond donors (Lipinski definition) is 0. The van der Waals surface area contributed by atoms with Gasteiger partial charge in [0.1, 0.15) is 0 Å². The molecular weight excluding hydrogens is 795 g/mol. The van der Waals surface area contributed by atoms with Gasteiger partial charge in [0.25, 0.3) is 0 Å². The Kier molecular flexibility index (Phi) is 7.51. The van der Waals surface area contributed by atoms with Gasteiger partial charge >= 0.3 is 0 Å². The van der Waals surface area contributed by atoms with Gasteiger partial charge in [-0.15, -0.1) is 0 Å². The molecule has 0 saturated carbocycles. The number of anilines is 3. The van der Waals surface area contributed by atoms with E-state index in [4.69, 9.17) is 0 Å². The first-order chi connectivity index (χ1) is 32.3. The lowest BCUT2D eigenvalue weighted by atomic mass is 9.69. The quantitative estimate of drug-likeness (QED) is 0.171. The number of nitrogens with zero attached hydrogens (tertiary/aromatic N) is 1. The second-order valence-electron chi connectivity index (χ2n) is 20.0. The molecule has 4 aliphatic rings. The normalized spacial score (nSPS) is 16.8. The zero-order valence-corrected chi connectivity index (χ0v) is 37.7. The van der Waals surface area contributed by atoms with Crippen LogP contribution in [-0.2, 0) is 16.2 Å². The van der Waals surface area contributed by atoms with Gasteiger partial charge in [-0.3, -0.25) is 0 Å². The molecule has 312 valence electrons. The van der Waals surface area contributed by atoms with Crippen LogP contribution in [0.2, 0.25) is 0 Å². The molecule has 1 spiro atoms. The van der Waals surface area contributed by atoms with E-state index >= 15 is 0 Å². The Hall–Kier alpha value is -7.74. The van der Waals surface area contributed by atoms with E-state index in [-0.39, 0.29) is 10.8 Å². The smallest absolute Gasteiger partial charge is 0.0746 e.